The van der Waals surface area contributed by atoms with Crippen LogP contribution in [0.25, 0.3) is 0 Å². The monoisotopic (exact) mass is 193 g/mol. The number of nitrogens with one attached hydrogen (secondary N) is 1. The first-order chi connectivity index (χ1) is 6.54. The summed E-state index contributed by atoms with van der Waals surface area (Å²) in [6, 6.07) is 0. The maximum absolute atomic E-state index is 5.72. The first-order valence-electron chi connectivity index (χ1n) is 5.31. The van der Waals surface area contributed by atoms with Crippen molar-refractivity contribution in [2.45, 2.75) is 44.9 Å². The lowest BCUT2D eigenvalue weighted by atomic mass is 9.89. The SMILES string of the molecule is CC(C)(C)c1n[nH]c2c1CCC2CN. The van der Waals surface area contributed by atoms with Gasteiger partial charge in [-0.2, -0.15) is 5.10 Å². The molecule has 0 radical (unpaired) electrons. The molecule has 0 saturated carbocycles. The van der Waals surface area contributed by atoms with E-state index in [4.69, 9.17) is 5.73 Å². The van der Waals surface area contributed by atoms with Gasteiger partial charge in [-0.3, -0.25) is 5.10 Å². The molecule has 0 fully saturated rings. The molecule has 2 rings (SSSR count). The molecule has 1 atom stereocenters. The number of aromatic amines is 1. The van der Waals surface area contributed by atoms with Crippen molar-refractivity contribution >= 4 is 0 Å². The summed E-state index contributed by atoms with van der Waals surface area (Å²) in [5.41, 5.74) is 9.80. The zero-order valence-corrected chi connectivity index (χ0v) is 9.22. The number of aromatic nitrogens is 2. The number of rotatable bonds is 1. The van der Waals surface area contributed by atoms with E-state index in [2.05, 4.69) is 31.0 Å². The highest BCUT2D eigenvalue weighted by Gasteiger charge is 2.31. The quantitative estimate of drug-likeness (QED) is 0.713. The van der Waals surface area contributed by atoms with Crippen molar-refractivity contribution in [3.05, 3.63) is 17.0 Å². The fourth-order valence-corrected chi connectivity index (χ4v) is 2.29. The summed E-state index contributed by atoms with van der Waals surface area (Å²) >= 11 is 0. The van der Waals surface area contributed by atoms with Crippen LogP contribution in [0.5, 0.6) is 0 Å². The Hall–Kier alpha value is -0.830. The van der Waals surface area contributed by atoms with Crippen LogP contribution >= 0.6 is 0 Å². The van der Waals surface area contributed by atoms with Crippen LogP contribution in [0.15, 0.2) is 0 Å². The van der Waals surface area contributed by atoms with E-state index >= 15 is 0 Å². The molecule has 0 spiro atoms. The zero-order valence-electron chi connectivity index (χ0n) is 9.22. The molecule has 1 heterocycles. The average molecular weight is 193 g/mol. The maximum Gasteiger partial charge on any atom is 0.0710 e. The number of fused-ring (bicyclic) bond motifs is 1. The summed E-state index contributed by atoms with van der Waals surface area (Å²) in [5.74, 6) is 0.508. The van der Waals surface area contributed by atoms with Crippen molar-refractivity contribution in [2.75, 3.05) is 6.54 Å². The normalized spacial score (nSPS) is 21.3. The summed E-state index contributed by atoms with van der Waals surface area (Å²) in [5, 5.41) is 7.59. The number of nitrogens with two attached hydrogens (primary N) is 1. The molecular formula is C11H19N3. The Morgan fingerprint density at radius 3 is 2.79 bits per heavy atom. The fourth-order valence-electron chi connectivity index (χ4n) is 2.29. The Morgan fingerprint density at radius 2 is 2.21 bits per heavy atom. The maximum atomic E-state index is 5.72. The van der Waals surface area contributed by atoms with Gasteiger partial charge < -0.3 is 5.73 Å². The third-order valence-electron chi connectivity index (χ3n) is 3.05. The van der Waals surface area contributed by atoms with Gasteiger partial charge in [-0.25, -0.2) is 0 Å². The molecule has 3 nitrogen and oxygen atoms in total. The van der Waals surface area contributed by atoms with Crippen molar-refractivity contribution in [1.82, 2.24) is 10.2 Å². The molecule has 1 unspecified atom stereocenters. The van der Waals surface area contributed by atoms with Crippen molar-refractivity contribution in [2.24, 2.45) is 5.73 Å². The van der Waals surface area contributed by atoms with Crippen LogP contribution in [0.1, 0.15) is 50.1 Å². The lowest BCUT2D eigenvalue weighted by Gasteiger charge is -2.16. The van der Waals surface area contributed by atoms with Crippen LogP contribution in [0.2, 0.25) is 0 Å². The topological polar surface area (TPSA) is 54.7 Å². The van der Waals surface area contributed by atoms with E-state index in [0.29, 0.717) is 5.92 Å². The molecule has 78 valence electrons. The predicted octanol–water partition coefficient (Wildman–Crippen LogP) is 1.70. The molecule has 3 N–H and O–H groups in total. The van der Waals surface area contributed by atoms with Crippen molar-refractivity contribution in [3.8, 4) is 0 Å². The molecule has 0 saturated heterocycles. The molecule has 0 aromatic carbocycles. The van der Waals surface area contributed by atoms with Crippen molar-refractivity contribution in [3.63, 3.8) is 0 Å². The minimum absolute atomic E-state index is 0.146. The lowest BCUT2D eigenvalue weighted by Crippen LogP contribution is -2.13. The Kier molecular flexibility index (Phi) is 2.14. The largest absolute Gasteiger partial charge is 0.330 e. The minimum Gasteiger partial charge on any atom is -0.330 e. The predicted molar refractivity (Wildman–Crippen MR) is 57.4 cm³/mol. The van der Waals surface area contributed by atoms with E-state index in [-0.39, 0.29) is 5.41 Å². The van der Waals surface area contributed by atoms with Gasteiger partial charge in [-0.15, -0.1) is 0 Å². The molecule has 3 heteroatoms. The van der Waals surface area contributed by atoms with Gasteiger partial charge in [0.1, 0.15) is 0 Å². The highest BCUT2D eigenvalue weighted by atomic mass is 15.1. The molecule has 1 aliphatic rings. The molecule has 1 aromatic heterocycles. The fraction of sp³-hybridized carbons (Fsp3) is 0.727. The molecule has 14 heavy (non-hydrogen) atoms. The van der Waals surface area contributed by atoms with Crippen LogP contribution in [0.4, 0.5) is 0 Å². The van der Waals surface area contributed by atoms with E-state index in [1.165, 1.54) is 23.4 Å². The van der Waals surface area contributed by atoms with E-state index in [1.54, 1.807) is 0 Å². The molecule has 0 aliphatic heterocycles. The van der Waals surface area contributed by atoms with Crippen LogP contribution in [0, 0.1) is 0 Å². The Labute approximate surface area is 85.1 Å². The second-order valence-corrected chi connectivity index (χ2v) is 5.19. The van der Waals surface area contributed by atoms with Gasteiger partial charge in [0.25, 0.3) is 0 Å². The van der Waals surface area contributed by atoms with Gasteiger partial charge in [-0.05, 0) is 18.4 Å². The van der Waals surface area contributed by atoms with Gasteiger partial charge in [0.05, 0.1) is 5.69 Å². The summed E-state index contributed by atoms with van der Waals surface area (Å²) in [7, 11) is 0. The second kappa shape index (κ2) is 3.09. The highest BCUT2D eigenvalue weighted by Crippen LogP contribution is 2.36. The van der Waals surface area contributed by atoms with Gasteiger partial charge in [-0.1, -0.05) is 20.8 Å². The first-order valence-corrected chi connectivity index (χ1v) is 5.31. The summed E-state index contributed by atoms with van der Waals surface area (Å²) in [6.07, 6.45) is 2.32. The van der Waals surface area contributed by atoms with E-state index in [9.17, 15) is 0 Å². The van der Waals surface area contributed by atoms with Crippen molar-refractivity contribution < 1.29 is 0 Å². The van der Waals surface area contributed by atoms with Gasteiger partial charge >= 0.3 is 0 Å². The van der Waals surface area contributed by atoms with Gasteiger partial charge in [0.15, 0.2) is 0 Å². The van der Waals surface area contributed by atoms with Gasteiger partial charge in [0, 0.05) is 23.6 Å². The van der Waals surface area contributed by atoms with Gasteiger partial charge in [0.2, 0.25) is 0 Å². The lowest BCUT2D eigenvalue weighted by molar-refractivity contribution is 0.556. The minimum atomic E-state index is 0.146. The number of nitrogens with zero attached hydrogens (tertiary/aromatic N) is 1. The standard InChI is InChI=1S/C11H19N3/c1-11(2,3)10-8-5-4-7(6-12)9(8)13-14-10/h7H,4-6,12H2,1-3H3,(H,13,14). The Morgan fingerprint density at radius 1 is 1.50 bits per heavy atom. The first kappa shape index (κ1) is 9.71. The molecule has 1 aliphatic carbocycles. The summed E-state index contributed by atoms with van der Waals surface area (Å²) < 4.78 is 0. The number of hydrogen-bond donors (Lipinski definition) is 2. The van der Waals surface area contributed by atoms with E-state index < -0.39 is 0 Å². The molecule has 1 aromatic rings. The Bertz CT molecular complexity index is 333. The molecular weight excluding hydrogens is 174 g/mol. The molecule has 0 amide bonds. The average Bonchev–Trinajstić information content (AvgIpc) is 2.59. The third kappa shape index (κ3) is 1.36. The highest BCUT2D eigenvalue weighted by molar-refractivity contribution is 5.36. The van der Waals surface area contributed by atoms with Crippen LogP contribution in [-0.4, -0.2) is 16.7 Å². The smallest absolute Gasteiger partial charge is 0.0710 e. The Balaban J connectivity index is 2.40. The molecule has 0 bridgehead atoms. The van der Waals surface area contributed by atoms with E-state index in [0.717, 1.165) is 13.0 Å². The zero-order chi connectivity index (χ0) is 10.3. The van der Waals surface area contributed by atoms with Crippen LogP contribution in [-0.2, 0) is 11.8 Å². The van der Waals surface area contributed by atoms with E-state index in [1.807, 2.05) is 0 Å². The summed E-state index contributed by atoms with van der Waals surface area (Å²) in [6.45, 7) is 7.36. The number of H-pyrrole nitrogens is 1. The van der Waals surface area contributed by atoms with Crippen molar-refractivity contribution in [1.29, 1.82) is 0 Å². The second-order valence-electron chi connectivity index (χ2n) is 5.19. The van der Waals surface area contributed by atoms with Crippen LogP contribution in [0.3, 0.4) is 0 Å². The summed E-state index contributed by atoms with van der Waals surface area (Å²) in [4.78, 5) is 0. The third-order valence-corrected chi connectivity index (χ3v) is 3.05. The number of hydrogen-bond acceptors (Lipinski definition) is 2. The van der Waals surface area contributed by atoms with Crippen LogP contribution < -0.4 is 5.73 Å².